The molecule has 1 aliphatic rings. The van der Waals surface area contributed by atoms with Gasteiger partial charge >= 0.3 is 0 Å². The van der Waals surface area contributed by atoms with E-state index < -0.39 is 0 Å². The van der Waals surface area contributed by atoms with Gasteiger partial charge in [-0.15, -0.1) is 0 Å². The molecule has 0 heterocycles. The highest BCUT2D eigenvalue weighted by atomic mass is 16.3. The van der Waals surface area contributed by atoms with Crippen molar-refractivity contribution in [3.63, 3.8) is 0 Å². The predicted molar refractivity (Wildman–Crippen MR) is 72.4 cm³/mol. The van der Waals surface area contributed by atoms with E-state index in [1.807, 2.05) is 0 Å². The Kier molecular flexibility index (Phi) is 4.06. The van der Waals surface area contributed by atoms with Gasteiger partial charge in [0, 0.05) is 19.8 Å². The number of aryl methyl sites for hydroxylation is 1. The van der Waals surface area contributed by atoms with Crippen LogP contribution in [0.1, 0.15) is 31.2 Å². The van der Waals surface area contributed by atoms with Crippen LogP contribution < -0.4 is 4.90 Å². The molecule has 1 aliphatic carbocycles. The molecule has 2 atom stereocenters. The fourth-order valence-corrected chi connectivity index (χ4v) is 2.67. The standard InChI is InChI=1S/C15H23NO/c1-16(2)14-10-7-12(8-11-14)6-9-13-4-3-5-15(13)17/h7-8,10-11,13,15,17H,3-6,9H2,1-2H3. The van der Waals surface area contributed by atoms with E-state index >= 15 is 0 Å². The lowest BCUT2D eigenvalue weighted by molar-refractivity contribution is 0.128. The Morgan fingerprint density at radius 2 is 1.88 bits per heavy atom. The molecule has 2 unspecified atom stereocenters. The lowest BCUT2D eigenvalue weighted by Gasteiger charge is -2.15. The molecule has 2 rings (SSSR count). The summed E-state index contributed by atoms with van der Waals surface area (Å²) in [6, 6.07) is 8.74. The maximum absolute atomic E-state index is 9.78. The summed E-state index contributed by atoms with van der Waals surface area (Å²) in [6.07, 6.45) is 5.58. The molecule has 0 aliphatic heterocycles. The maximum Gasteiger partial charge on any atom is 0.0568 e. The lowest BCUT2D eigenvalue weighted by Crippen LogP contribution is -2.13. The van der Waals surface area contributed by atoms with Gasteiger partial charge in [-0.25, -0.2) is 0 Å². The molecule has 0 saturated heterocycles. The van der Waals surface area contributed by atoms with E-state index in [2.05, 4.69) is 43.3 Å². The molecule has 0 amide bonds. The number of rotatable bonds is 4. The summed E-state index contributed by atoms with van der Waals surface area (Å²) < 4.78 is 0. The van der Waals surface area contributed by atoms with E-state index in [1.165, 1.54) is 24.1 Å². The van der Waals surface area contributed by atoms with Crippen molar-refractivity contribution in [3.05, 3.63) is 29.8 Å². The number of aliphatic hydroxyl groups excluding tert-OH is 1. The zero-order chi connectivity index (χ0) is 12.3. The number of aliphatic hydroxyl groups is 1. The first-order valence-electron chi connectivity index (χ1n) is 6.61. The van der Waals surface area contributed by atoms with Gasteiger partial charge in [-0.2, -0.15) is 0 Å². The van der Waals surface area contributed by atoms with E-state index in [1.54, 1.807) is 0 Å². The van der Waals surface area contributed by atoms with Crippen LogP contribution in [0.2, 0.25) is 0 Å². The third-order valence-electron chi connectivity index (χ3n) is 3.88. The van der Waals surface area contributed by atoms with Crippen LogP contribution in [0.3, 0.4) is 0 Å². The number of benzene rings is 1. The van der Waals surface area contributed by atoms with Gasteiger partial charge in [0.2, 0.25) is 0 Å². The lowest BCUT2D eigenvalue weighted by atomic mass is 9.96. The summed E-state index contributed by atoms with van der Waals surface area (Å²) in [4.78, 5) is 2.12. The van der Waals surface area contributed by atoms with Crippen molar-refractivity contribution in [2.75, 3.05) is 19.0 Å². The number of nitrogens with zero attached hydrogens (tertiary/aromatic N) is 1. The Balaban J connectivity index is 1.86. The summed E-state index contributed by atoms with van der Waals surface area (Å²) >= 11 is 0. The molecule has 2 heteroatoms. The van der Waals surface area contributed by atoms with Crippen molar-refractivity contribution >= 4 is 5.69 Å². The van der Waals surface area contributed by atoms with Gasteiger partial charge in [-0.3, -0.25) is 0 Å². The molecule has 17 heavy (non-hydrogen) atoms. The van der Waals surface area contributed by atoms with Gasteiger partial charge in [-0.1, -0.05) is 18.6 Å². The summed E-state index contributed by atoms with van der Waals surface area (Å²) in [5, 5.41) is 9.78. The molecule has 2 nitrogen and oxygen atoms in total. The minimum absolute atomic E-state index is 0.0453. The Labute approximate surface area is 104 Å². The highest BCUT2D eigenvalue weighted by molar-refractivity contribution is 5.45. The Morgan fingerprint density at radius 1 is 1.18 bits per heavy atom. The van der Waals surface area contributed by atoms with Crippen molar-refractivity contribution in [1.82, 2.24) is 0 Å². The normalized spacial score (nSPS) is 23.9. The average molecular weight is 233 g/mol. The summed E-state index contributed by atoms with van der Waals surface area (Å²) in [7, 11) is 4.12. The quantitative estimate of drug-likeness (QED) is 0.864. The molecule has 0 spiro atoms. The van der Waals surface area contributed by atoms with Gasteiger partial charge in [0.15, 0.2) is 0 Å². The third kappa shape index (κ3) is 3.22. The van der Waals surface area contributed by atoms with E-state index in [4.69, 9.17) is 0 Å². The van der Waals surface area contributed by atoms with E-state index in [0.29, 0.717) is 5.92 Å². The van der Waals surface area contributed by atoms with Crippen LogP contribution in [0.15, 0.2) is 24.3 Å². The zero-order valence-corrected chi connectivity index (χ0v) is 10.9. The summed E-state index contributed by atoms with van der Waals surface area (Å²) in [5.74, 6) is 0.531. The summed E-state index contributed by atoms with van der Waals surface area (Å²) in [5.41, 5.74) is 2.63. The molecule has 0 aromatic heterocycles. The first-order chi connectivity index (χ1) is 8.16. The highest BCUT2D eigenvalue weighted by Gasteiger charge is 2.24. The predicted octanol–water partition coefficient (Wildman–Crippen LogP) is 2.85. The van der Waals surface area contributed by atoms with Crippen LogP contribution in [0.4, 0.5) is 5.69 Å². The van der Waals surface area contributed by atoms with Crippen molar-refractivity contribution in [2.24, 2.45) is 5.92 Å². The molecule has 1 fully saturated rings. The molecular weight excluding hydrogens is 210 g/mol. The van der Waals surface area contributed by atoms with Crippen molar-refractivity contribution in [1.29, 1.82) is 0 Å². The van der Waals surface area contributed by atoms with Crippen LogP contribution in [-0.2, 0) is 6.42 Å². The minimum Gasteiger partial charge on any atom is -0.393 e. The van der Waals surface area contributed by atoms with Gasteiger partial charge in [0.25, 0.3) is 0 Å². The summed E-state index contributed by atoms with van der Waals surface area (Å²) in [6.45, 7) is 0. The Bertz CT molecular complexity index is 344. The smallest absolute Gasteiger partial charge is 0.0568 e. The van der Waals surface area contributed by atoms with Crippen molar-refractivity contribution in [3.8, 4) is 0 Å². The average Bonchev–Trinajstić information content (AvgIpc) is 2.73. The Morgan fingerprint density at radius 3 is 2.41 bits per heavy atom. The van der Waals surface area contributed by atoms with E-state index in [-0.39, 0.29) is 6.10 Å². The highest BCUT2D eigenvalue weighted by Crippen LogP contribution is 2.29. The number of hydrogen-bond acceptors (Lipinski definition) is 2. The Hall–Kier alpha value is -1.02. The second kappa shape index (κ2) is 5.54. The minimum atomic E-state index is -0.0453. The second-order valence-electron chi connectivity index (χ2n) is 5.36. The zero-order valence-electron chi connectivity index (χ0n) is 10.9. The monoisotopic (exact) mass is 233 g/mol. The first-order valence-corrected chi connectivity index (χ1v) is 6.61. The topological polar surface area (TPSA) is 23.5 Å². The molecule has 0 radical (unpaired) electrons. The molecular formula is C15H23NO. The van der Waals surface area contributed by atoms with Crippen LogP contribution >= 0.6 is 0 Å². The molecule has 94 valence electrons. The van der Waals surface area contributed by atoms with Gasteiger partial charge in [0.1, 0.15) is 0 Å². The number of anilines is 1. The fraction of sp³-hybridized carbons (Fsp3) is 0.600. The van der Waals surface area contributed by atoms with Crippen molar-refractivity contribution < 1.29 is 5.11 Å². The van der Waals surface area contributed by atoms with Crippen LogP contribution in [0, 0.1) is 5.92 Å². The molecule has 1 aromatic carbocycles. The van der Waals surface area contributed by atoms with Crippen LogP contribution in [0.5, 0.6) is 0 Å². The van der Waals surface area contributed by atoms with E-state index in [9.17, 15) is 5.11 Å². The molecule has 1 saturated carbocycles. The van der Waals surface area contributed by atoms with Crippen molar-refractivity contribution in [2.45, 2.75) is 38.2 Å². The van der Waals surface area contributed by atoms with Crippen LogP contribution in [0.25, 0.3) is 0 Å². The van der Waals surface area contributed by atoms with Gasteiger partial charge in [0.05, 0.1) is 6.10 Å². The molecule has 1 aromatic rings. The largest absolute Gasteiger partial charge is 0.393 e. The van der Waals surface area contributed by atoms with E-state index in [0.717, 1.165) is 19.3 Å². The van der Waals surface area contributed by atoms with Gasteiger partial charge in [-0.05, 0) is 49.3 Å². The first kappa shape index (κ1) is 12.4. The third-order valence-corrected chi connectivity index (χ3v) is 3.88. The molecule has 1 N–H and O–H groups in total. The molecule has 0 bridgehead atoms. The maximum atomic E-state index is 9.78. The second-order valence-corrected chi connectivity index (χ2v) is 5.36. The van der Waals surface area contributed by atoms with Crippen LogP contribution in [-0.4, -0.2) is 25.3 Å². The fourth-order valence-electron chi connectivity index (χ4n) is 2.67. The SMILES string of the molecule is CN(C)c1ccc(CCC2CCCC2O)cc1. The van der Waals surface area contributed by atoms with Gasteiger partial charge < -0.3 is 10.0 Å². The number of hydrogen-bond donors (Lipinski definition) is 1.